The van der Waals surface area contributed by atoms with E-state index in [0.717, 1.165) is 17.5 Å². The second-order valence-electron chi connectivity index (χ2n) is 7.91. The molecule has 1 aromatic heterocycles. The molecule has 3 N–H and O–H groups in total. The Hall–Kier alpha value is -3.93. The minimum absolute atomic E-state index is 0.143. The number of hydrogen-bond donors (Lipinski definition) is 2. The lowest BCUT2D eigenvalue weighted by molar-refractivity contribution is 0.370. The van der Waals surface area contributed by atoms with E-state index in [4.69, 9.17) is 10.3 Å². The lowest BCUT2D eigenvalue weighted by Crippen LogP contribution is -2.33. The first-order valence-electron chi connectivity index (χ1n) is 11.0. The van der Waals surface area contributed by atoms with Crippen molar-refractivity contribution in [3.8, 4) is 11.1 Å². The maximum Gasteiger partial charge on any atom is 0.188 e. The summed E-state index contributed by atoms with van der Waals surface area (Å²) in [5, 5.41) is 7.20. The molecule has 0 aliphatic rings. The zero-order valence-corrected chi connectivity index (χ0v) is 18.5. The minimum atomic E-state index is -0.260. The second-order valence-corrected chi connectivity index (χ2v) is 7.91. The van der Waals surface area contributed by atoms with E-state index in [-0.39, 0.29) is 11.7 Å². The van der Waals surface area contributed by atoms with Crippen molar-refractivity contribution < 1.29 is 8.91 Å². The monoisotopic (exact) mass is 442 g/mol. The van der Waals surface area contributed by atoms with Crippen molar-refractivity contribution in [1.29, 1.82) is 0 Å². The van der Waals surface area contributed by atoms with Gasteiger partial charge in [0.05, 0.1) is 6.54 Å². The van der Waals surface area contributed by atoms with Gasteiger partial charge in [-0.1, -0.05) is 84.9 Å². The van der Waals surface area contributed by atoms with Crippen molar-refractivity contribution in [2.24, 2.45) is 10.7 Å². The van der Waals surface area contributed by atoms with Crippen LogP contribution in [0.3, 0.4) is 0 Å². The fourth-order valence-electron chi connectivity index (χ4n) is 3.63. The van der Waals surface area contributed by atoms with Gasteiger partial charge in [0.25, 0.3) is 0 Å². The van der Waals surface area contributed by atoms with Crippen molar-refractivity contribution in [2.75, 3.05) is 6.54 Å². The Morgan fingerprint density at radius 3 is 2.48 bits per heavy atom. The molecule has 168 valence electrons. The molecule has 3 aromatic carbocycles. The summed E-state index contributed by atoms with van der Waals surface area (Å²) in [6.07, 6.45) is 0.863. The molecule has 0 spiro atoms. The fraction of sp³-hybridized carbons (Fsp3) is 0.185. The fourth-order valence-corrected chi connectivity index (χ4v) is 3.63. The maximum atomic E-state index is 14.8. The second kappa shape index (κ2) is 10.6. The number of benzene rings is 3. The number of nitrogens with one attached hydrogen (secondary N) is 1. The SMILES string of the molecule is CC(c1ccc(-c2ccccc2)c(F)c1)c1cc(CN=C(N)NCCc2ccccc2)no1. The molecule has 1 unspecified atom stereocenters. The Balaban J connectivity index is 1.34. The van der Waals surface area contributed by atoms with Gasteiger partial charge < -0.3 is 15.6 Å². The van der Waals surface area contributed by atoms with E-state index in [0.29, 0.717) is 36.1 Å². The zero-order chi connectivity index (χ0) is 23.0. The van der Waals surface area contributed by atoms with Crippen LogP contribution in [0.1, 0.15) is 35.4 Å². The van der Waals surface area contributed by atoms with Crippen molar-refractivity contribution >= 4 is 5.96 Å². The summed E-state index contributed by atoms with van der Waals surface area (Å²) in [4.78, 5) is 4.33. The quantitative estimate of drug-likeness (QED) is 0.288. The molecular formula is C27H27FN4O. The number of aromatic nitrogens is 1. The molecule has 0 saturated carbocycles. The van der Waals surface area contributed by atoms with Crippen molar-refractivity contribution in [3.63, 3.8) is 0 Å². The molecule has 4 rings (SSSR count). The van der Waals surface area contributed by atoms with Gasteiger partial charge in [0.2, 0.25) is 0 Å². The third-order valence-electron chi connectivity index (χ3n) is 5.56. The Kier molecular flexibility index (Phi) is 7.15. The topological polar surface area (TPSA) is 76.4 Å². The number of nitrogens with two attached hydrogens (primary N) is 1. The molecule has 0 amide bonds. The van der Waals surface area contributed by atoms with Crippen LogP contribution in [0.2, 0.25) is 0 Å². The number of hydrogen-bond acceptors (Lipinski definition) is 3. The van der Waals surface area contributed by atoms with Crippen LogP contribution in [0.25, 0.3) is 11.1 Å². The molecular weight excluding hydrogens is 415 g/mol. The van der Waals surface area contributed by atoms with Crippen LogP contribution in [0.5, 0.6) is 0 Å². The largest absolute Gasteiger partial charge is 0.370 e. The minimum Gasteiger partial charge on any atom is -0.370 e. The molecule has 1 heterocycles. The third kappa shape index (κ3) is 5.86. The van der Waals surface area contributed by atoms with Gasteiger partial charge in [0, 0.05) is 24.1 Å². The zero-order valence-electron chi connectivity index (χ0n) is 18.5. The molecule has 33 heavy (non-hydrogen) atoms. The molecule has 0 aliphatic heterocycles. The van der Waals surface area contributed by atoms with Gasteiger partial charge in [-0.15, -0.1) is 0 Å². The first kappa shape index (κ1) is 22.3. The smallest absolute Gasteiger partial charge is 0.188 e. The predicted molar refractivity (Wildman–Crippen MR) is 129 cm³/mol. The van der Waals surface area contributed by atoms with E-state index in [1.54, 1.807) is 12.1 Å². The Morgan fingerprint density at radius 2 is 1.76 bits per heavy atom. The molecule has 0 fully saturated rings. The van der Waals surface area contributed by atoms with Crippen LogP contribution < -0.4 is 11.1 Å². The Morgan fingerprint density at radius 1 is 1.03 bits per heavy atom. The number of rotatable bonds is 8. The standard InChI is InChI=1S/C27H27FN4O/c1-19(22-12-13-24(25(28)16-22)21-10-6-3-7-11-21)26-17-23(32-33-26)18-31-27(29)30-15-14-20-8-4-2-5-9-20/h2-13,16-17,19H,14-15,18H2,1H3,(H3,29,30,31). The first-order chi connectivity index (χ1) is 16.1. The van der Waals surface area contributed by atoms with Crippen molar-refractivity contribution in [2.45, 2.75) is 25.8 Å². The van der Waals surface area contributed by atoms with Crippen LogP contribution >= 0.6 is 0 Å². The van der Waals surface area contributed by atoms with Gasteiger partial charge in [-0.05, 0) is 29.2 Å². The van der Waals surface area contributed by atoms with Gasteiger partial charge in [-0.2, -0.15) is 0 Å². The maximum absolute atomic E-state index is 14.8. The number of aliphatic imine (C=N–C) groups is 1. The lowest BCUT2D eigenvalue weighted by Gasteiger charge is -2.10. The number of halogens is 1. The summed E-state index contributed by atoms with van der Waals surface area (Å²) in [5.74, 6) is 0.616. The summed E-state index contributed by atoms with van der Waals surface area (Å²) in [6.45, 7) is 2.97. The molecule has 0 radical (unpaired) electrons. The molecule has 0 bridgehead atoms. The summed E-state index contributed by atoms with van der Waals surface area (Å²) in [5.41, 5.74) is 10.1. The highest BCUT2D eigenvalue weighted by molar-refractivity contribution is 5.77. The number of nitrogens with zero attached hydrogens (tertiary/aromatic N) is 2. The molecule has 0 saturated heterocycles. The van der Waals surface area contributed by atoms with Crippen LogP contribution in [0, 0.1) is 5.82 Å². The van der Waals surface area contributed by atoms with E-state index in [1.807, 2.05) is 67.6 Å². The highest BCUT2D eigenvalue weighted by Gasteiger charge is 2.16. The average molecular weight is 443 g/mol. The first-order valence-corrected chi connectivity index (χ1v) is 11.0. The molecule has 5 nitrogen and oxygen atoms in total. The summed E-state index contributed by atoms with van der Waals surface area (Å²) < 4.78 is 20.3. The van der Waals surface area contributed by atoms with Gasteiger partial charge in [-0.3, -0.25) is 0 Å². The summed E-state index contributed by atoms with van der Waals surface area (Å²) >= 11 is 0. The van der Waals surface area contributed by atoms with E-state index in [1.165, 1.54) is 5.56 Å². The van der Waals surface area contributed by atoms with Gasteiger partial charge in [0.15, 0.2) is 5.96 Å². The summed E-state index contributed by atoms with van der Waals surface area (Å²) in [7, 11) is 0. The predicted octanol–water partition coefficient (Wildman–Crippen LogP) is 5.28. The molecule has 6 heteroatoms. The van der Waals surface area contributed by atoms with Crippen LogP contribution in [-0.2, 0) is 13.0 Å². The highest BCUT2D eigenvalue weighted by atomic mass is 19.1. The van der Waals surface area contributed by atoms with E-state index >= 15 is 0 Å². The van der Waals surface area contributed by atoms with Gasteiger partial charge in [0.1, 0.15) is 17.3 Å². The van der Waals surface area contributed by atoms with E-state index in [9.17, 15) is 4.39 Å². The lowest BCUT2D eigenvalue weighted by atomic mass is 9.95. The highest BCUT2D eigenvalue weighted by Crippen LogP contribution is 2.29. The van der Waals surface area contributed by atoms with Crippen LogP contribution in [-0.4, -0.2) is 17.7 Å². The molecule has 0 aliphatic carbocycles. The van der Waals surface area contributed by atoms with Crippen LogP contribution in [0.4, 0.5) is 4.39 Å². The molecule has 1 atom stereocenters. The van der Waals surface area contributed by atoms with E-state index in [2.05, 4.69) is 27.6 Å². The van der Waals surface area contributed by atoms with E-state index < -0.39 is 0 Å². The van der Waals surface area contributed by atoms with Gasteiger partial charge >= 0.3 is 0 Å². The normalized spacial score (nSPS) is 12.5. The van der Waals surface area contributed by atoms with Gasteiger partial charge in [-0.25, -0.2) is 9.38 Å². The average Bonchev–Trinajstić information content (AvgIpc) is 3.32. The molecule has 4 aromatic rings. The summed E-state index contributed by atoms with van der Waals surface area (Å²) in [6, 6.07) is 26.8. The van der Waals surface area contributed by atoms with Crippen molar-refractivity contribution in [1.82, 2.24) is 10.5 Å². The third-order valence-corrected chi connectivity index (χ3v) is 5.56. The Labute approximate surface area is 193 Å². The van der Waals surface area contributed by atoms with Crippen molar-refractivity contribution in [3.05, 3.63) is 113 Å². The number of guanidine groups is 1. The van der Waals surface area contributed by atoms with Crippen LogP contribution in [0.15, 0.2) is 94.4 Å². The Bertz CT molecular complexity index is 1210.